The fourth-order valence-corrected chi connectivity index (χ4v) is 6.44. The van der Waals surface area contributed by atoms with E-state index in [0.717, 1.165) is 17.7 Å². The zero-order valence-electron chi connectivity index (χ0n) is 20.4. The van der Waals surface area contributed by atoms with Gasteiger partial charge in [0.25, 0.3) is 0 Å². The third kappa shape index (κ3) is 13.7. The molecule has 0 saturated heterocycles. The van der Waals surface area contributed by atoms with Gasteiger partial charge in [-0.1, -0.05) is 21.6 Å². The van der Waals surface area contributed by atoms with Gasteiger partial charge < -0.3 is 24.6 Å². The number of esters is 1. The SMILES string of the molecule is CCOC(=O)OC(C)OC(=O)C(NC(=O)C(CSSCC([NH])CCSC)Cc1ccsc1)C(C)O. The Morgan fingerprint density at radius 1 is 1.20 bits per heavy atom. The van der Waals surface area contributed by atoms with Crippen molar-refractivity contribution in [2.45, 2.75) is 58.1 Å². The van der Waals surface area contributed by atoms with Gasteiger partial charge in [-0.2, -0.15) is 23.1 Å². The Morgan fingerprint density at radius 2 is 1.91 bits per heavy atom. The van der Waals surface area contributed by atoms with E-state index < -0.39 is 42.4 Å². The maximum atomic E-state index is 13.1. The lowest BCUT2D eigenvalue weighted by molar-refractivity contribution is -0.173. The molecule has 0 aliphatic heterocycles. The molecular weight excluding hydrogens is 533 g/mol. The van der Waals surface area contributed by atoms with Crippen molar-refractivity contribution < 1.29 is 33.7 Å². The molecule has 3 N–H and O–H groups in total. The van der Waals surface area contributed by atoms with E-state index in [0.29, 0.717) is 17.9 Å². The minimum absolute atomic E-state index is 0.105. The highest BCUT2D eigenvalue weighted by molar-refractivity contribution is 8.76. The van der Waals surface area contributed by atoms with Gasteiger partial charge in [0.1, 0.15) is 0 Å². The Bertz CT molecular complexity index is 752. The Labute approximate surface area is 223 Å². The van der Waals surface area contributed by atoms with Crippen LogP contribution in [-0.2, 0) is 30.2 Å². The van der Waals surface area contributed by atoms with Crippen molar-refractivity contribution in [3.63, 3.8) is 0 Å². The molecule has 0 aromatic carbocycles. The first-order chi connectivity index (χ1) is 16.7. The minimum atomic E-state index is -1.33. The van der Waals surface area contributed by atoms with Crippen LogP contribution in [-0.4, -0.2) is 77.7 Å². The third-order valence-corrected chi connectivity index (χ3v) is 8.50. The number of rotatable bonds is 17. The highest BCUT2D eigenvalue weighted by Crippen LogP contribution is 2.27. The normalized spacial score (nSPS) is 15.4. The van der Waals surface area contributed by atoms with Crippen LogP contribution < -0.4 is 11.1 Å². The number of hydrogen-bond acceptors (Lipinski definition) is 11. The molecule has 1 radical (unpaired) electrons. The Balaban J connectivity index is 2.72. The molecule has 35 heavy (non-hydrogen) atoms. The molecular formula is C22H35N2O7S4. The van der Waals surface area contributed by atoms with Crippen LogP contribution in [0.15, 0.2) is 16.8 Å². The summed E-state index contributed by atoms with van der Waals surface area (Å²) in [6.07, 6.45) is -0.151. The largest absolute Gasteiger partial charge is 0.511 e. The van der Waals surface area contributed by atoms with E-state index in [-0.39, 0.29) is 12.6 Å². The molecule has 0 fully saturated rings. The molecule has 1 heterocycles. The summed E-state index contributed by atoms with van der Waals surface area (Å²) >= 11 is 3.26. The molecule has 1 amide bonds. The molecule has 5 atom stereocenters. The first-order valence-electron chi connectivity index (χ1n) is 11.2. The molecule has 9 nitrogen and oxygen atoms in total. The second-order valence-electron chi connectivity index (χ2n) is 7.61. The minimum Gasteiger partial charge on any atom is -0.435 e. The Kier molecular flexibility index (Phi) is 16.6. The summed E-state index contributed by atoms with van der Waals surface area (Å²) in [5.41, 5.74) is 9.07. The Morgan fingerprint density at radius 3 is 2.51 bits per heavy atom. The van der Waals surface area contributed by atoms with E-state index in [4.69, 9.17) is 15.2 Å². The number of hydrogen-bond donors (Lipinski definition) is 2. The van der Waals surface area contributed by atoms with Crippen LogP contribution in [0.5, 0.6) is 0 Å². The number of aliphatic hydroxyl groups is 1. The van der Waals surface area contributed by atoms with Crippen LogP contribution in [0.3, 0.4) is 0 Å². The number of amides is 1. The number of nitrogens with one attached hydrogen (secondary N) is 2. The maximum Gasteiger partial charge on any atom is 0.511 e. The van der Waals surface area contributed by atoms with Crippen LogP contribution >= 0.6 is 44.7 Å². The van der Waals surface area contributed by atoms with Gasteiger partial charge in [0.15, 0.2) is 6.04 Å². The summed E-state index contributed by atoms with van der Waals surface area (Å²) < 4.78 is 14.5. The number of carbonyl (C=O) groups is 3. The van der Waals surface area contributed by atoms with Crippen LogP contribution in [0.25, 0.3) is 0 Å². The number of thiophene rings is 1. The summed E-state index contributed by atoms with van der Waals surface area (Å²) in [4.78, 5) is 37.1. The molecule has 1 aromatic heterocycles. The molecule has 0 bridgehead atoms. The van der Waals surface area contributed by atoms with Crippen molar-refractivity contribution in [2.24, 2.45) is 5.92 Å². The van der Waals surface area contributed by atoms with Crippen LogP contribution in [0.1, 0.15) is 32.8 Å². The number of carbonyl (C=O) groups excluding carboxylic acids is 3. The van der Waals surface area contributed by atoms with Gasteiger partial charge in [-0.25, -0.2) is 9.59 Å². The molecule has 13 heteroatoms. The van der Waals surface area contributed by atoms with Gasteiger partial charge in [-0.3, -0.25) is 10.5 Å². The van der Waals surface area contributed by atoms with Crippen molar-refractivity contribution in [2.75, 3.05) is 30.1 Å². The van der Waals surface area contributed by atoms with E-state index in [1.807, 2.05) is 23.1 Å². The lowest BCUT2D eigenvalue weighted by Crippen LogP contribution is -2.51. The zero-order valence-corrected chi connectivity index (χ0v) is 23.7. The van der Waals surface area contributed by atoms with Crippen LogP contribution in [0.4, 0.5) is 4.79 Å². The van der Waals surface area contributed by atoms with Gasteiger partial charge in [0.05, 0.1) is 18.6 Å². The van der Waals surface area contributed by atoms with Crippen molar-refractivity contribution in [3.8, 4) is 0 Å². The monoisotopic (exact) mass is 567 g/mol. The summed E-state index contributed by atoms with van der Waals surface area (Å²) in [5.74, 6) is 0.316. The lowest BCUT2D eigenvalue weighted by Gasteiger charge is -2.24. The quantitative estimate of drug-likeness (QED) is 0.124. The number of aliphatic hydroxyl groups excluding tert-OH is 1. The second kappa shape index (κ2) is 18.2. The van der Waals surface area contributed by atoms with E-state index in [2.05, 4.69) is 10.1 Å². The lowest BCUT2D eigenvalue weighted by atomic mass is 10.0. The molecule has 0 saturated carbocycles. The average molecular weight is 568 g/mol. The van der Waals surface area contributed by atoms with Crippen molar-refractivity contribution >= 4 is 62.7 Å². The summed E-state index contributed by atoms with van der Waals surface area (Å²) in [7, 11) is 3.08. The highest BCUT2D eigenvalue weighted by Gasteiger charge is 2.32. The van der Waals surface area contributed by atoms with Crippen molar-refractivity contribution in [1.82, 2.24) is 11.1 Å². The fraction of sp³-hybridized carbons (Fsp3) is 0.682. The molecule has 0 spiro atoms. The topological polar surface area (TPSA) is 135 Å². The molecule has 1 rings (SSSR count). The average Bonchev–Trinajstić information content (AvgIpc) is 3.30. The third-order valence-electron chi connectivity index (χ3n) is 4.57. The molecule has 199 valence electrons. The number of ether oxygens (including phenoxy) is 3. The zero-order chi connectivity index (χ0) is 26.2. The van der Waals surface area contributed by atoms with Gasteiger partial charge in [0, 0.05) is 24.5 Å². The highest BCUT2D eigenvalue weighted by atomic mass is 33.1. The van der Waals surface area contributed by atoms with E-state index in [9.17, 15) is 19.5 Å². The number of thioether (sulfide) groups is 1. The van der Waals surface area contributed by atoms with Crippen molar-refractivity contribution in [1.29, 1.82) is 0 Å². The molecule has 5 unspecified atom stereocenters. The van der Waals surface area contributed by atoms with E-state index in [1.165, 1.54) is 36.0 Å². The summed E-state index contributed by atoms with van der Waals surface area (Å²) in [6, 6.07) is 0.458. The first-order valence-corrected chi connectivity index (χ1v) is 16.0. The summed E-state index contributed by atoms with van der Waals surface area (Å²) in [5, 5.41) is 16.6. The predicted molar refractivity (Wildman–Crippen MR) is 144 cm³/mol. The standard InChI is InChI=1S/C22H35N2O7S4/c1-5-29-22(28)31-15(3)30-21(27)19(14(2)25)24-20(26)17(10-16-6-9-33-11-16)12-34-35-13-18(23)7-8-32-4/h6,9,11,14-15,17-19,23,25H,5,7-8,10,12-13H2,1-4H3,(H,24,26). The molecule has 0 aliphatic rings. The van der Waals surface area contributed by atoms with Gasteiger partial charge in [0.2, 0.25) is 12.2 Å². The van der Waals surface area contributed by atoms with E-state index in [1.54, 1.807) is 29.5 Å². The van der Waals surface area contributed by atoms with Gasteiger partial charge >= 0.3 is 12.1 Å². The first kappa shape index (κ1) is 31.9. The summed E-state index contributed by atoms with van der Waals surface area (Å²) in [6.45, 7) is 4.41. The molecule has 0 aliphatic carbocycles. The second-order valence-corrected chi connectivity index (χ2v) is 11.9. The maximum absolute atomic E-state index is 13.1. The van der Waals surface area contributed by atoms with Crippen LogP contribution in [0.2, 0.25) is 0 Å². The van der Waals surface area contributed by atoms with E-state index >= 15 is 0 Å². The Hall–Kier alpha value is -1.12. The van der Waals surface area contributed by atoms with Gasteiger partial charge in [-0.05, 0) is 61.1 Å². The van der Waals surface area contributed by atoms with Crippen LogP contribution in [0, 0.1) is 5.92 Å². The predicted octanol–water partition coefficient (Wildman–Crippen LogP) is 3.62. The molecule has 1 aromatic rings. The smallest absolute Gasteiger partial charge is 0.435 e. The van der Waals surface area contributed by atoms with Crippen molar-refractivity contribution in [3.05, 3.63) is 22.4 Å². The van der Waals surface area contributed by atoms with Gasteiger partial charge in [-0.15, -0.1) is 0 Å². The fourth-order valence-electron chi connectivity index (χ4n) is 2.72.